The number of hydrogen-bond acceptors (Lipinski definition) is 5. The molecule has 1 amide bonds. The van der Waals surface area contributed by atoms with Crippen molar-refractivity contribution in [2.75, 3.05) is 10.2 Å². The van der Waals surface area contributed by atoms with Crippen LogP contribution in [0.2, 0.25) is 0 Å². The normalized spacial score (nSPS) is 10.4. The Bertz CT molecular complexity index is 1040. The molecule has 0 aliphatic heterocycles. The van der Waals surface area contributed by atoms with E-state index in [-0.39, 0.29) is 17.6 Å². The Balaban J connectivity index is 1.87. The van der Waals surface area contributed by atoms with Gasteiger partial charge in [0.15, 0.2) is 0 Å². The van der Waals surface area contributed by atoms with Crippen molar-refractivity contribution in [3.8, 4) is 6.07 Å². The van der Waals surface area contributed by atoms with Crippen molar-refractivity contribution in [2.45, 2.75) is 33.4 Å². The molecule has 0 spiro atoms. The Morgan fingerprint density at radius 2 is 1.86 bits per heavy atom. The number of nitriles is 1. The molecule has 1 heterocycles. The molecule has 6 heteroatoms. The monoisotopic (exact) mass is 385 g/mol. The van der Waals surface area contributed by atoms with Gasteiger partial charge in [0, 0.05) is 24.0 Å². The molecule has 0 saturated carbocycles. The summed E-state index contributed by atoms with van der Waals surface area (Å²) in [7, 11) is 0. The smallest absolute Gasteiger partial charge is 0.274 e. The van der Waals surface area contributed by atoms with Gasteiger partial charge in [-0.05, 0) is 50.6 Å². The fraction of sp³-hybridized carbons (Fsp3) is 0.217. The van der Waals surface area contributed by atoms with Crippen molar-refractivity contribution in [3.63, 3.8) is 0 Å². The zero-order valence-corrected chi connectivity index (χ0v) is 16.8. The highest BCUT2D eigenvalue weighted by atomic mass is 16.1. The van der Waals surface area contributed by atoms with Gasteiger partial charge in [-0.3, -0.25) is 4.79 Å². The SMILES string of the molecule is Cc1cc(C(=O)Nc2cccc(C#N)c2)nc(N(Cc2ccccc2)C(C)C)n1. The van der Waals surface area contributed by atoms with Gasteiger partial charge in [-0.15, -0.1) is 0 Å². The average Bonchev–Trinajstić information content (AvgIpc) is 2.72. The molecule has 146 valence electrons. The van der Waals surface area contributed by atoms with E-state index in [1.54, 1.807) is 30.3 Å². The predicted octanol–water partition coefficient (Wildman–Crippen LogP) is 4.32. The molecule has 0 bridgehead atoms. The fourth-order valence-electron chi connectivity index (χ4n) is 2.92. The number of carbonyl (C=O) groups excluding carboxylic acids is 1. The first kappa shape index (κ1) is 20.0. The number of nitrogens with one attached hydrogen (secondary N) is 1. The predicted molar refractivity (Wildman–Crippen MR) is 114 cm³/mol. The van der Waals surface area contributed by atoms with Crippen LogP contribution in [0, 0.1) is 18.3 Å². The molecule has 0 aliphatic carbocycles. The van der Waals surface area contributed by atoms with Crippen LogP contribution < -0.4 is 10.2 Å². The Morgan fingerprint density at radius 3 is 2.55 bits per heavy atom. The Labute approximate surface area is 170 Å². The standard InChI is InChI=1S/C23H23N5O/c1-16(2)28(15-18-8-5-4-6-9-18)23-25-17(3)12-21(27-23)22(29)26-20-11-7-10-19(13-20)14-24/h4-13,16H,15H2,1-3H3,(H,26,29). The van der Waals surface area contributed by atoms with Crippen molar-refractivity contribution in [2.24, 2.45) is 0 Å². The van der Waals surface area contributed by atoms with Crippen LogP contribution in [-0.2, 0) is 6.54 Å². The summed E-state index contributed by atoms with van der Waals surface area (Å²) in [5.74, 6) is 0.176. The first-order valence-electron chi connectivity index (χ1n) is 9.44. The van der Waals surface area contributed by atoms with Gasteiger partial charge in [-0.1, -0.05) is 36.4 Å². The van der Waals surface area contributed by atoms with Crippen LogP contribution >= 0.6 is 0 Å². The number of aryl methyl sites for hydroxylation is 1. The third-order valence-corrected chi connectivity index (χ3v) is 4.40. The largest absolute Gasteiger partial charge is 0.334 e. The summed E-state index contributed by atoms with van der Waals surface area (Å²) < 4.78 is 0. The summed E-state index contributed by atoms with van der Waals surface area (Å²) >= 11 is 0. The van der Waals surface area contributed by atoms with Crippen LogP contribution in [0.25, 0.3) is 0 Å². The lowest BCUT2D eigenvalue weighted by atomic mass is 10.2. The van der Waals surface area contributed by atoms with E-state index in [4.69, 9.17) is 5.26 Å². The number of benzene rings is 2. The lowest BCUT2D eigenvalue weighted by Gasteiger charge is -2.27. The van der Waals surface area contributed by atoms with E-state index in [1.165, 1.54) is 0 Å². The first-order chi connectivity index (χ1) is 14.0. The maximum absolute atomic E-state index is 12.8. The van der Waals surface area contributed by atoms with E-state index in [0.29, 0.717) is 29.4 Å². The van der Waals surface area contributed by atoms with E-state index < -0.39 is 0 Å². The van der Waals surface area contributed by atoms with Crippen molar-refractivity contribution in [3.05, 3.63) is 83.2 Å². The minimum Gasteiger partial charge on any atom is -0.334 e. The lowest BCUT2D eigenvalue weighted by molar-refractivity contribution is 0.102. The van der Waals surface area contributed by atoms with Gasteiger partial charge in [0.1, 0.15) is 5.69 Å². The van der Waals surface area contributed by atoms with Crippen LogP contribution in [0.4, 0.5) is 11.6 Å². The third kappa shape index (κ3) is 5.17. The molecule has 1 N–H and O–H groups in total. The third-order valence-electron chi connectivity index (χ3n) is 4.40. The first-order valence-corrected chi connectivity index (χ1v) is 9.44. The van der Waals surface area contributed by atoms with Gasteiger partial charge in [-0.25, -0.2) is 9.97 Å². The Kier molecular flexibility index (Phi) is 6.20. The summed E-state index contributed by atoms with van der Waals surface area (Å²) in [6.07, 6.45) is 0. The van der Waals surface area contributed by atoms with E-state index in [1.807, 2.05) is 25.1 Å². The van der Waals surface area contributed by atoms with Gasteiger partial charge in [-0.2, -0.15) is 5.26 Å². The second-order valence-corrected chi connectivity index (χ2v) is 7.05. The van der Waals surface area contributed by atoms with Gasteiger partial charge in [0.25, 0.3) is 5.91 Å². The average molecular weight is 385 g/mol. The minimum atomic E-state index is -0.338. The molecule has 0 atom stereocenters. The molecule has 0 fully saturated rings. The summed E-state index contributed by atoms with van der Waals surface area (Å²) in [6, 6.07) is 20.8. The maximum Gasteiger partial charge on any atom is 0.274 e. The molecule has 3 aromatic rings. The molecular formula is C23H23N5O. The number of nitrogens with zero attached hydrogens (tertiary/aromatic N) is 4. The molecule has 0 saturated heterocycles. The van der Waals surface area contributed by atoms with Crippen LogP contribution in [0.15, 0.2) is 60.7 Å². The highest BCUT2D eigenvalue weighted by Crippen LogP contribution is 2.18. The molecule has 0 radical (unpaired) electrons. The summed E-state index contributed by atoms with van der Waals surface area (Å²) in [4.78, 5) is 23.9. The number of rotatable bonds is 6. The lowest BCUT2D eigenvalue weighted by Crippen LogP contribution is -2.32. The number of amides is 1. The highest BCUT2D eigenvalue weighted by Gasteiger charge is 2.18. The van der Waals surface area contributed by atoms with Gasteiger partial charge < -0.3 is 10.2 Å². The van der Waals surface area contributed by atoms with Gasteiger partial charge in [0.05, 0.1) is 11.6 Å². The number of anilines is 2. The minimum absolute atomic E-state index is 0.153. The molecule has 0 unspecified atom stereocenters. The van der Waals surface area contributed by atoms with Crippen molar-refractivity contribution in [1.29, 1.82) is 5.26 Å². The molecule has 0 aliphatic rings. The maximum atomic E-state index is 12.8. The Morgan fingerprint density at radius 1 is 1.10 bits per heavy atom. The molecule has 29 heavy (non-hydrogen) atoms. The molecule has 2 aromatic carbocycles. The number of carbonyl (C=O) groups is 1. The van der Waals surface area contributed by atoms with Crippen LogP contribution in [0.1, 0.15) is 41.2 Å². The topological polar surface area (TPSA) is 81.9 Å². The summed E-state index contributed by atoms with van der Waals surface area (Å²) in [5.41, 5.74) is 3.18. The van der Waals surface area contributed by atoms with Crippen molar-refractivity contribution >= 4 is 17.5 Å². The number of aromatic nitrogens is 2. The summed E-state index contributed by atoms with van der Waals surface area (Å²) in [5, 5.41) is 11.8. The van der Waals surface area contributed by atoms with Gasteiger partial charge in [0.2, 0.25) is 5.95 Å². The van der Waals surface area contributed by atoms with Crippen molar-refractivity contribution in [1.82, 2.24) is 9.97 Å². The van der Waals surface area contributed by atoms with Crippen LogP contribution in [-0.4, -0.2) is 21.9 Å². The quantitative estimate of drug-likeness (QED) is 0.683. The van der Waals surface area contributed by atoms with E-state index in [2.05, 4.69) is 52.2 Å². The van der Waals surface area contributed by atoms with Crippen LogP contribution in [0.3, 0.4) is 0 Å². The number of hydrogen-bond donors (Lipinski definition) is 1. The summed E-state index contributed by atoms with van der Waals surface area (Å²) in [6.45, 7) is 6.63. The second-order valence-electron chi connectivity index (χ2n) is 7.05. The second kappa shape index (κ2) is 8.98. The van der Waals surface area contributed by atoms with E-state index in [9.17, 15) is 4.79 Å². The zero-order chi connectivity index (χ0) is 20.8. The van der Waals surface area contributed by atoms with E-state index >= 15 is 0 Å². The fourth-order valence-corrected chi connectivity index (χ4v) is 2.92. The van der Waals surface area contributed by atoms with Crippen LogP contribution in [0.5, 0.6) is 0 Å². The Hall–Kier alpha value is -3.72. The van der Waals surface area contributed by atoms with E-state index in [0.717, 1.165) is 5.56 Å². The molecule has 6 nitrogen and oxygen atoms in total. The zero-order valence-electron chi connectivity index (χ0n) is 16.8. The molecule has 1 aromatic heterocycles. The molecular weight excluding hydrogens is 362 g/mol. The van der Waals surface area contributed by atoms with Crippen molar-refractivity contribution < 1.29 is 4.79 Å². The van der Waals surface area contributed by atoms with Gasteiger partial charge >= 0.3 is 0 Å². The highest BCUT2D eigenvalue weighted by molar-refractivity contribution is 6.03. The molecule has 3 rings (SSSR count).